The number of ether oxygens (including phenoxy) is 1. The number of esters is 1. The number of rotatable bonds is 9. The van der Waals surface area contributed by atoms with Gasteiger partial charge in [-0.25, -0.2) is 4.98 Å². The fraction of sp³-hybridized carbons (Fsp3) is 0.214. The minimum atomic E-state index is -0.391. The van der Waals surface area contributed by atoms with Crippen LogP contribution in [-0.2, 0) is 20.7 Å². The molecule has 0 aliphatic heterocycles. The number of carbonyl (C=O) groups is 2. The van der Waals surface area contributed by atoms with Gasteiger partial charge in [-0.05, 0) is 79.5 Å². The van der Waals surface area contributed by atoms with E-state index in [1.54, 1.807) is 11.3 Å². The smallest absolute Gasteiger partial charge is 0.306 e. The van der Waals surface area contributed by atoms with Crippen LogP contribution in [0.4, 0.5) is 5.69 Å². The highest BCUT2D eigenvalue weighted by Crippen LogP contribution is 2.31. The molecule has 4 rings (SSSR count). The number of fused-ring (bicyclic) bond motifs is 1. The van der Waals surface area contributed by atoms with E-state index in [0.29, 0.717) is 6.61 Å². The summed E-state index contributed by atoms with van der Waals surface area (Å²) in [7, 11) is 0. The van der Waals surface area contributed by atoms with Crippen molar-refractivity contribution < 1.29 is 14.3 Å². The maximum atomic E-state index is 12.2. The molecule has 0 aliphatic rings. The van der Waals surface area contributed by atoms with Crippen LogP contribution >= 0.6 is 23.6 Å². The molecule has 0 aliphatic carbocycles. The topological polar surface area (TPSA) is 80.3 Å². The minimum Gasteiger partial charge on any atom is -0.466 e. The van der Waals surface area contributed by atoms with Gasteiger partial charge in [-0.3, -0.25) is 9.59 Å². The number of hydrogen-bond acceptors (Lipinski definition) is 6. The van der Waals surface area contributed by atoms with Gasteiger partial charge < -0.3 is 15.4 Å². The van der Waals surface area contributed by atoms with E-state index in [0.717, 1.165) is 39.3 Å². The van der Waals surface area contributed by atoms with E-state index in [1.807, 2.05) is 60.7 Å². The number of nitrogens with one attached hydrogen (secondary N) is 2. The number of amides is 1. The molecule has 1 heterocycles. The van der Waals surface area contributed by atoms with Gasteiger partial charge in [0.05, 0.1) is 23.2 Å². The van der Waals surface area contributed by atoms with Crippen LogP contribution in [0.5, 0.6) is 0 Å². The van der Waals surface area contributed by atoms with Crippen LogP contribution < -0.4 is 10.6 Å². The summed E-state index contributed by atoms with van der Waals surface area (Å²) in [5.74, 6) is -0.729. The zero-order valence-corrected chi connectivity index (χ0v) is 21.6. The van der Waals surface area contributed by atoms with Crippen LogP contribution in [-0.4, -0.2) is 28.6 Å². The zero-order chi connectivity index (χ0) is 25.3. The first kappa shape index (κ1) is 25.5. The number of benzene rings is 3. The maximum absolute atomic E-state index is 12.2. The van der Waals surface area contributed by atoms with Crippen molar-refractivity contribution in [1.82, 2.24) is 10.3 Å². The lowest BCUT2D eigenvalue weighted by atomic mass is 10.1. The van der Waals surface area contributed by atoms with Gasteiger partial charge >= 0.3 is 5.97 Å². The van der Waals surface area contributed by atoms with Crippen LogP contribution in [0.1, 0.15) is 30.4 Å². The van der Waals surface area contributed by atoms with E-state index in [4.69, 9.17) is 21.9 Å². The van der Waals surface area contributed by atoms with Crippen molar-refractivity contribution in [1.29, 1.82) is 0 Å². The van der Waals surface area contributed by atoms with E-state index >= 15 is 0 Å². The Balaban J connectivity index is 1.17. The van der Waals surface area contributed by atoms with E-state index in [-0.39, 0.29) is 23.9 Å². The highest BCUT2D eigenvalue weighted by Gasteiger charge is 2.11. The Bertz CT molecular complexity index is 1350. The summed E-state index contributed by atoms with van der Waals surface area (Å²) in [5, 5.41) is 6.73. The molecule has 1 amide bonds. The summed E-state index contributed by atoms with van der Waals surface area (Å²) in [6.45, 7) is 2.41. The van der Waals surface area contributed by atoms with Crippen LogP contribution in [0.25, 0.3) is 20.8 Å². The van der Waals surface area contributed by atoms with Gasteiger partial charge in [-0.2, -0.15) is 0 Å². The average Bonchev–Trinajstić information content (AvgIpc) is 3.29. The van der Waals surface area contributed by atoms with E-state index in [1.165, 1.54) is 11.1 Å². The predicted octanol–water partition coefficient (Wildman–Crippen LogP) is 6.04. The molecule has 1 aromatic heterocycles. The summed E-state index contributed by atoms with van der Waals surface area (Å²) in [4.78, 5) is 28.8. The number of aryl methyl sites for hydroxylation is 2. The number of aromatic nitrogens is 1. The van der Waals surface area contributed by atoms with Crippen LogP contribution in [0.2, 0.25) is 0 Å². The third-order valence-corrected chi connectivity index (χ3v) is 6.73. The van der Waals surface area contributed by atoms with Crippen molar-refractivity contribution >= 4 is 56.4 Å². The Morgan fingerprint density at radius 1 is 1.00 bits per heavy atom. The molecule has 8 heteroatoms. The monoisotopic (exact) mass is 517 g/mol. The van der Waals surface area contributed by atoms with Crippen LogP contribution in [0.3, 0.4) is 0 Å². The molecular weight excluding hydrogens is 490 g/mol. The number of thiocarbonyl (C=S) groups is 1. The Labute approximate surface area is 219 Å². The Kier molecular flexibility index (Phi) is 8.76. The first-order valence-corrected chi connectivity index (χ1v) is 13.0. The van der Waals surface area contributed by atoms with Crippen molar-refractivity contribution in [2.24, 2.45) is 0 Å². The molecule has 3 aromatic carbocycles. The molecule has 0 saturated heterocycles. The van der Waals surface area contributed by atoms with E-state index in [9.17, 15) is 9.59 Å². The Hall–Kier alpha value is -3.62. The molecular formula is C28H27N3O3S2. The van der Waals surface area contributed by atoms with E-state index in [2.05, 4.69) is 29.7 Å². The highest BCUT2D eigenvalue weighted by molar-refractivity contribution is 7.80. The molecule has 2 N–H and O–H groups in total. The molecule has 6 nitrogen and oxygen atoms in total. The van der Waals surface area contributed by atoms with E-state index < -0.39 is 5.97 Å². The minimum absolute atomic E-state index is 0.00928. The highest BCUT2D eigenvalue weighted by atomic mass is 32.1. The SMILES string of the molecule is Cc1ccc2nc(-c3ccc(NC(=S)NC(=O)CCC(=O)OCCCc4ccccc4)cc3)sc2c1. The molecule has 0 unspecified atom stereocenters. The maximum Gasteiger partial charge on any atom is 0.306 e. The average molecular weight is 518 g/mol. The summed E-state index contributed by atoms with van der Waals surface area (Å²) in [6.07, 6.45) is 1.61. The summed E-state index contributed by atoms with van der Waals surface area (Å²) >= 11 is 6.89. The lowest BCUT2D eigenvalue weighted by Gasteiger charge is -2.10. The third kappa shape index (κ3) is 7.44. The standard InChI is InChI=1S/C28H27N3O3S2/c1-19-9-14-23-24(18-19)36-27(30-23)21-10-12-22(13-11-21)29-28(35)31-25(32)15-16-26(33)34-17-5-8-20-6-3-2-4-7-20/h2-4,6-7,9-14,18H,5,8,15-17H2,1H3,(H2,29,31,32,35). The Morgan fingerprint density at radius 2 is 1.78 bits per heavy atom. The number of nitrogens with zero attached hydrogens (tertiary/aromatic N) is 1. The van der Waals surface area contributed by atoms with Gasteiger partial charge in [0.1, 0.15) is 5.01 Å². The molecule has 184 valence electrons. The molecule has 0 bridgehead atoms. The van der Waals surface area contributed by atoms with Crippen molar-refractivity contribution in [3.63, 3.8) is 0 Å². The van der Waals surface area contributed by atoms with Gasteiger partial charge in [-0.1, -0.05) is 36.4 Å². The molecule has 0 radical (unpaired) electrons. The largest absolute Gasteiger partial charge is 0.466 e. The number of anilines is 1. The van der Waals surface area contributed by atoms with Crippen LogP contribution in [0.15, 0.2) is 72.8 Å². The first-order chi connectivity index (χ1) is 17.5. The second kappa shape index (κ2) is 12.4. The van der Waals surface area contributed by atoms with Crippen molar-refractivity contribution in [2.75, 3.05) is 11.9 Å². The molecule has 0 spiro atoms. The van der Waals surface area contributed by atoms with Crippen molar-refractivity contribution in [3.8, 4) is 10.6 Å². The number of thiazole rings is 1. The number of hydrogen-bond donors (Lipinski definition) is 2. The quantitative estimate of drug-likeness (QED) is 0.160. The van der Waals surface area contributed by atoms with Gasteiger partial charge in [0, 0.05) is 17.7 Å². The van der Waals surface area contributed by atoms with Crippen molar-refractivity contribution in [2.45, 2.75) is 32.6 Å². The summed E-state index contributed by atoms with van der Waals surface area (Å²) in [6, 6.07) is 24.0. The van der Waals surface area contributed by atoms with Crippen LogP contribution in [0, 0.1) is 6.92 Å². The fourth-order valence-electron chi connectivity index (χ4n) is 3.60. The molecule has 0 atom stereocenters. The Morgan fingerprint density at radius 3 is 2.56 bits per heavy atom. The predicted molar refractivity (Wildman–Crippen MR) is 149 cm³/mol. The molecule has 4 aromatic rings. The molecule has 0 saturated carbocycles. The van der Waals surface area contributed by atoms with Gasteiger partial charge in [0.15, 0.2) is 5.11 Å². The van der Waals surface area contributed by atoms with Gasteiger partial charge in [0.25, 0.3) is 0 Å². The van der Waals surface area contributed by atoms with Crippen molar-refractivity contribution in [3.05, 3.63) is 83.9 Å². The van der Waals surface area contributed by atoms with Gasteiger partial charge in [0.2, 0.25) is 5.91 Å². The third-order valence-electron chi connectivity index (χ3n) is 5.46. The summed E-state index contributed by atoms with van der Waals surface area (Å²) < 4.78 is 6.38. The molecule has 0 fully saturated rings. The fourth-order valence-corrected chi connectivity index (χ4v) is 4.90. The lowest BCUT2D eigenvalue weighted by Crippen LogP contribution is -2.34. The number of carbonyl (C=O) groups excluding carboxylic acids is 2. The second-order valence-electron chi connectivity index (χ2n) is 8.38. The second-order valence-corrected chi connectivity index (χ2v) is 9.82. The summed E-state index contributed by atoms with van der Waals surface area (Å²) in [5.41, 5.74) is 5.16. The molecule has 36 heavy (non-hydrogen) atoms. The lowest BCUT2D eigenvalue weighted by molar-refractivity contribution is -0.145. The first-order valence-electron chi connectivity index (χ1n) is 11.7. The van der Waals surface area contributed by atoms with Gasteiger partial charge in [-0.15, -0.1) is 11.3 Å². The zero-order valence-electron chi connectivity index (χ0n) is 20.0. The normalized spacial score (nSPS) is 10.7.